The molecule has 0 aliphatic heterocycles. The first kappa shape index (κ1) is 9.60. The van der Waals surface area contributed by atoms with Crippen molar-refractivity contribution in [1.82, 2.24) is 5.32 Å². The van der Waals surface area contributed by atoms with E-state index < -0.39 is 0 Å². The molecule has 3 nitrogen and oxygen atoms in total. The molecule has 1 aliphatic rings. The first-order valence-electron chi connectivity index (χ1n) is 4.92. The van der Waals surface area contributed by atoms with Crippen molar-refractivity contribution in [2.45, 2.75) is 18.9 Å². The first-order valence-corrected chi connectivity index (χ1v) is 4.92. The van der Waals surface area contributed by atoms with Crippen LogP contribution in [0.4, 0.5) is 10.5 Å². The van der Waals surface area contributed by atoms with Gasteiger partial charge in [0.1, 0.15) is 0 Å². The average molecular weight is 200 g/mol. The first-order chi connectivity index (χ1) is 7.28. The molecule has 1 saturated carbocycles. The van der Waals surface area contributed by atoms with E-state index in [1.54, 1.807) is 24.3 Å². The molecule has 0 heterocycles. The van der Waals surface area contributed by atoms with Gasteiger partial charge in [0.2, 0.25) is 0 Å². The van der Waals surface area contributed by atoms with Crippen molar-refractivity contribution in [2.24, 2.45) is 0 Å². The largest absolute Gasteiger partial charge is 0.335 e. The molecule has 0 bridgehead atoms. The number of rotatable bonds is 2. The Balaban J connectivity index is 1.92. The van der Waals surface area contributed by atoms with E-state index in [1.807, 2.05) is 0 Å². The van der Waals surface area contributed by atoms with Crippen LogP contribution in [-0.2, 0) is 0 Å². The Bertz CT molecular complexity index is 399. The van der Waals surface area contributed by atoms with E-state index in [0.29, 0.717) is 6.04 Å². The van der Waals surface area contributed by atoms with Crippen LogP contribution in [-0.4, -0.2) is 12.1 Å². The van der Waals surface area contributed by atoms with Gasteiger partial charge in [-0.05, 0) is 37.1 Å². The normalized spacial score (nSPS) is 14.1. The van der Waals surface area contributed by atoms with Crippen molar-refractivity contribution in [3.63, 3.8) is 0 Å². The highest BCUT2D eigenvalue weighted by Gasteiger charge is 2.22. The highest BCUT2D eigenvalue weighted by atomic mass is 16.2. The van der Waals surface area contributed by atoms with Crippen LogP contribution in [0.5, 0.6) is 0 Å². The highest BCUT2D eigenvalue weighted by molar-refractivity contribution is 5.89. The van der Waals surface area contributed by atoms with Gasteiger partial charge in [-0.3, -0.25) is 0 Å². The Morgan fingerprint density at radius 3 is 2.53 bits per heavy atom. The summed E-state index contributed by atoms with van der Waals surface area (Å²) in [6, 6.07) is 7.41. The fraction of sp³-hybridized carbons (Fsp3) is 0.250. The molecule has 15 heavy (non-hydrogen) atoms. The van der Waals surface area contributed by atoms with Crippen molar-refractivity contribution in [2.75, 3.05) is 5.32 Å². The molecule has 0 saturated heterocycles. The third kappa shape index (κ3) is 2.75. The molecule has 0 radical (unpaired) electrons. The van der Waals surface area contributed by atoms with Crippen LogP contribution in [0.3, 0.4) is 0 Å². The lowest BCUT2D eigenvalue weighted by molar-refractivity contribution is 0.251. The van der Waals surface area contributed by atoms with Crippen molar-refractivity contribution in [3.8, 4) is 12.3 Å². The number of terminal acetylenes is 1. The van der Waals surface area contributed by atoms with Crippen LogP contribution in [0.2, 0.25) is 0 Å². The summed E-state index contributed by atoms with van der Waals surface area (Å²) in [5.41, 5.74) is 1.57. The van der Waals surface area contributed by atoms with Crippen LogP contribution >= 0.6 is 0 Å². The lowest BCUT2D eigenvalue weighted by Gasteiger charge is -2.06. The fourth-order valence-electron chi connectivity index (χ4n) is 1.23. The second kappa shape index (κ2) is 4.05. The Morgan fingerprint density at radius 2 is 2.00 bits per heavy atom. The summed E-state index contributed by atoms with van der Waals surface area (Å²) in [6.45, 7) is 0. The molecule has 1 aliphatic carbocycles. The Labute approximate surface area is 88.9 Å². The minimum absolute atomic E-state index is 0.147. The maximum Gasteiger partial charge on any atom is 0.319 e. The molecule has 3 heteroatoms. The van der Waals surface area contributed by atoms with Gasteiger partial charge in [-0.15, -0.1) is 6.42 Å². The molecule has 0 atom stereocenters. The lowest BCUT2D eigenvalue weighted by atomic mass is 10.2. The molecular weight excluding hydrogens is 188 g/mol. The van der Waals surface area contributed by atoms with Gasteiger partial charge in [0, 0.05) is 17.3 Å². The lowest BCUT2D eigenvalue weighted by Crippen LogP contribution is -2.30. The second-order valence-corrected chi connectivity index (χ2v) is 3.59. The van der Waals surface area contributed by atoms with Crippen LogP contribution < -0.4 is 10.6 Å². The zero-order valence-electron chi connectivity index (χ0n) is 8.29. The molecule has 2 amide bonds. The van der Waals surface area contributed by atoms with E-state index in [1.165, 1.54) is 0 Å². The zero-order valence-corrected chi connectivity index (χ0v) is 8.29. The molecule has 76 valence electrons. The summed E-state index contributed by atoms with van der Waals surface area (Å²) >= 11 is 0. The molecule has 0 spiro atoms. The molecule has 0 aromatic heterocycles. The van der Waals surface area contributed by atoms with Gasteiger partial charge in [0.05, 0.1) is 0 Å². The SMILES string of the molecule is C#Cc1ccc(NC(=O)NC2CC2)cc1. The summed E-state index contributed by atoms with van der Waals surface area (Å²) in [5.74, 6) is 2.52. The van der Waals surface area contributed by atoms with Gasteiger partial charge in [-0.2, -0.15) is 0 Å². The van der Waals surface area contributed by atoms with E-state index in [9.17, 15) is 4.79 Å². The van der Waals surface area contributed by atoms with Crippen LogP contribution in [0.1, 0.15) is 18.4 Å². The van der Waals surface area contributed by atoms with Gasteiger partial charge in [-0.1, -0.05) is 5.92 Å². The maximum absolute atomic E-state index is 11.4. The van der Waals surface area contributed by atoms with Gasteiger partial charge in [0.15, 0.2) is 0 Å². The van der Waals surface area contributed by atoms with Crippen molar-refractivity contribution < 1.29 is 4.79 Å². The van der Waals surface area contributed by atoms with E-state index in [2.05, 4.69) is 16.6 Å². The second-order valence-electron chi connectivity index (χ2n) is 3.59. The standard InChI is InChI=1S/C12H12N2O/c1-2-9-3-5-10(6-4-9)13-12(15)14-11-7-8-11/h1,3-6,11H,7-8H2,(H2,13,14,15). The minimum atomic E-state index is -0.147. The number of benzene rings is 1. The third-order valence-corrected chi connectivity index (χ3v) is 2.22. The zero-order chi connectivity index (χ0) is 10.7. The smallest absolute Gasteiger partial charge is 0.319 e. The molecule has 2 N–H and O–H groups in total. The predicted molar refractivity (Wildman–Crippen MR) is 59.6 cm³/mol. The number of hydrogen-bond acceptors (Lipinski definition) is 1. The predicted octanol–water partition coefficient (Wildman–Crippen LogP) is 1.95. The summed E-state index contributed by atoms with van der Waals surface area (Å²) in [7, 11) is 0. The number of carbonyl (C=O) groups excluding carboxylic acids is 1. The van der Waals surface area contributed by atoms with Crippen molar-refractivity contribution in [3.05, 3.63) is 29.8 Å². The molecule has 1 aromatic carbocycles. The van der Waals surface area contributed by atoms with Crippen LogP contribution in [0.25, 0.3) is 0 Å². The Kier molecular flexibility index (Phi) is 2.59. The van der Waals surface area contributed by atoms with Crippen LogP contribution in [0.15, 0.2) is 24.3 Å². The van der Waals surface area contributed by atoms with Gasteiger partial charge in [0.25, 0.3) is 0 Å². The number of nitrogens with one attached hydrogen (secondary N) is 2. The van der Waals surface area contributed by atoms with Gasteiger partial charge >= 0.3 is 6.03 Å². The highest BCUT2D eigenvalue weighted by Crippen LogP contribution is 2.18. The number of anilines is 1. The van der Waals surface area contributed by atoms with E-state index in [-0.39, 0.29) is 6.03 Å². The van der Waals surface area contributed by atoms with Gasteiger partial charge in [-0.25, -0.2) is 4.79 Å². The number of amides is 2. The third-order valence-electron chi connectivity index (χ3n) is 2.22. The topological polar surface area (TPSA) is 41.1 Å². The monoisotopic (exact) mass is 200 g/mol. The summed E-state index contributed by atoms with van der Waals surface area (Å²) in [6.07, 6.45) is 7.40. The number of carbonyl (C=O) groups is 1. The molecule has 1 aromatic rings. The minimum Gasteiger partial charge on any atom is -0.335 e. The molecule has 2 rings (SSSR count). The van der Waals surface area contributed by atoms with E-state index >= 15 is 0 Å². The van der Waals surface area contributed by atoms with E-state index in [4.69, 9.17) is 6.42 Å². The summed E-state index contributed by atoms with van der Waals surface area (Å²) in [4.78, 5) is 11.4. The van der Waals surface area contributed by atoms with Crippen molar-refractivity contribution >= 4 is 11.7 Å². The summed E-state index contributed by atoms with van der Waals surface area (Å²) in [5, 5.41) is 5.59. The Hall–Kier alpha value is -1.95. The summed E-state index contributed by atoms with van der Waals surface area (Å²) < 4.78 is 0. The number of urea groups is 1. The molecule has 1 fully saturated rings. The molecule has 0 unspecified atom stereocenters. The van der Waals surface area contributed by atoms with Crippen LogP contribution in [0, 0.1) is 12.3 Å². The number of hydrogen-bond donors (Lipinski definition) is 2. The molecular formula is C12H12N2O. The Morgan fingerprint density at radius 1 is 1.33 bits per heavy atom. The van der Waals surface area contributed by atoms with Crippen molar-refractivity contribution in [1.29, 1.82) is 0 Å². The fourth-order valence-corrected chi connectivity index (χ4v) is 1.23. The van der Waals surface area contributed by atoms with E-state index in [0.717, 1.165) is 24.1 Å². The maximum atomic E-state index is 11.4. The van der Waals surface area contributed by atoms with Gasteiger partial charge < -0.3 is 10.6 Å². The average Bonchev–Trinajstić information content (AvgIpc) is 3.03. The quantitative estimate of drug-likeness (QED) is 0.704.